The summed E-state index contributed by atoms with van der Waals surface area (Å²) in [5, 5.41) is 0. The molecule has 1 aromatic heterocycles. The molecule has 6 heteroatoms. The Morgan fingerprint density at radius 2 is 2.20 bits per heavy atom. The Bertz CT molecular complexity index is 452. The average Bonchev–Trinajstić information content (AvgIpc) is 2.74. The molecule has 1 unspecified atom stereocenters. The van der Waals surface area contributed by atoms with E-state index in [0.29, 0.717) is 6.54 Å². The molecule has 0 radical (unpaired) electrons. The van der Waals surface area contributed by atoms with Gasteiger partial charge in [0.25, 0.3) is 6.33 Å². The van der Waals surface area contributed by atoms with E-state index >= 15 is 0 Å². The van der Waals surface area contributed by atoms with Gasteiger partial charge in [0.15, 0.2) is 0 Å². The monoisotopic (exact) mass is 230 g/mol. The van der Waals surface area contributed by atoms with Crippen LogP contribution in [0.15, 0.2) is 18.7 Å². The van der Waals surface area contributed by atoms with Crippen molar-refractivity contribution in [2.24, 2.45) is 7.05 Å². The molecule has 2 heterocycles. The average molecular weight is 230 g/mol. The van der Waals surface area contributed by atoms with Gasteiger partial charge >= 0.3 is 10.2 Å². The molecule has 1 atom stereocenters. The lowest BCUT2D eigenvalue weighted by Gasteiger charge is -2.17. The molecule has 5 nitrogen and oxygen atoms in total. The molecule has 0 bridgehead atoms. The summed E-state index contributed by atoms with van der Waals surface area (Å²) in [6.45, 7) is 2.58. The molecular weight excluding hydrogens is 214 g/mol. The molecule has 0 saturated carbocycles. The summed E-state index contributed by atoms with van der Waals surface area (Å²) < 4.78 is 28.8. The third-order valence-electron chi connectivity index (χ3n) is 2.80. The zero-order valence-corrected chi connectivity index (χ0v) is 9.81. The molecule has 2 rings (SSSR count). The van der Waals surface area contributed by atoms with Crippen LogP contribution in [0.2, 0.25) is 0 Å². The second-order valence-corrected chi connectivity index (χ2v) is 5.81. The van der Waals surface area contributed by atoms with Gasteiger partial charge in [0.2, 0.25) is 0 Å². The maximum Gasteiger partial charge on any atom is 0.380 e. The Hall–Kier alpha value is -0.880. The normalized spacial score (nSPS) is 23.5. The molecule has 84 valence electrons. The van der Waals surface area contributed by atoms with Crippen LogP contribution in [0.25, 0.3) is 0 Å². The standard InChI is InChI=1S/C9H16N3O2S/c1-9-4-3-5-12(9)15(13,14)11-7-6-10(2)8-11/h6-9H,3-5H2,1-2H3/q+1. The van der Waals surface area contributed by atoms with Crippen LogP contribution in [0, 0.1) is 0 Å². The second kappa shape index (κ2) is 3.61. The Morgan fingerprint density at radius 3 is 2.67 bits per heavy atom. The van der Waals surface area contributed by atoms with Gasteiger partial charge in [0.1, 0.15) is 12.4 Å². The molecule has 0 amide bonds. The lowest BCUT2D eigenvalue weighted by atomic mass is 10.3. The predicted molar refractivity (Wildman–Crippen MR) is 55.3 cm³/mol. The van der Waals surface area contributed by atoms with Crippen LogP contribution in [0.1, 0.15) is 19.8 Å². The number of hydrogen-bond donors (Lipinski definition) is 0. The Morgan fingerprint density at radius 1 is 1.47 bits per heavy atom. The van der Waals surface area contributed by atoms with Crippen molar-refractivity contribution >= 4 is 10.2 Å². The molecule has 1 saturated heterocycles. The molecule has 1 aliphatic heterocycles. The van der Waals surface area contributed by atoms with Gasteiger partial charge in [-0.2, -0.15) is 12.7 Å². The van der Waals surface area contributed by atoms with Crippen LogP contribution >= 0.6 is 0 Å². The topological polar surface area (TPSA) is 46.2 Å². The molecular formula is C9H16N3O2S+. The van der Waals surface area contributed by atoms with E-state index in [-0.39, 0.29) is 6.04 Å². The highest BCUT2D eigenvalue weighted by Gasteiger charge is 2.35. The SMILES string of the molecule is CC1CCCN1S(=O)(=O)n1cc[n+](C)c1. The third kappa shape index (κ3) is 1.79. The first kappa shape index (κ1) is 10.6. The Balaban J connectivity index is 2.34. The van der Waals surface area contributed by atoms with Gasteiger partial charge in [0, 0.05) is 12.6 Å². The minimum absolute atomic E-state index is 0.114. The summed E-state index contributed by atoms with van der Waals surface area (Å²) >= 11 is 0. The first-order valence-corrected chi connectivity index (χ1v) is 6.47. The number of rotatable bonds is 2. The fourth-order valence-corrected chi connectivity index (χ4v) is 3.57. The second-order valence-electron chi connectivity index (χ2n) is 4.02. The minimum atomic E-state index is -3.34. The highest BCUT2D eigenvalue weighted by atomic mass is 32.2. The van der Waals surface area contributed by atoms with Crippen molar-refractivity contribution in [3.8, 4) is 0 Å². The zero-order valence-electron chi connectivity index (χ0n) is 9.00. The quantitative estimate of drug-likeness (QED) is 0.666. The summed E-state index contributed by atoms with van der Waals surface area (Å²) in [6, 6.07) is 0.114. The maximum absolute atomic E-state index is 12.1. The number of nitrogens with zero attached hydrogens (tertiary/aromatic N) is 3. The Labute approximate surface area is 90.1 Å². The van der Waals surface area contributed by atoms with Gasteiger partial charge in [-0.05, 0) is 19.8 Å². The van der Waals surface area contributed by atoms with Crippen LogP contribution < -0.4 is 4.57 Å². The summed E-state index contributed by atoms with van der Waals surface area (Å²) in [5.41, 5.74) is 0. The largest absolute Gasteiger partial charge is 0.380 e. The van der Waals surface area contributed by atoms with Gasteiger partial charge in [-0.15, -0.1) is 3.97 Å². The van der Waals surface area contributed by atoms with Crippen LogP contribution in [0.4, 0.5) is 0 Å². The summed E-state index contributed by atoms with van der Waals surface area (Å²) in [4.78, 5) is 0. The van der Waals surface area contributed by atoms with Crippen LogP contribution in [-0.4, -0.2) is 29.3 Å². The molecule has 0 aliphatic carbocycles. The van der Waals surface area contributed by atoms with Gasteiger partial charge in [-0.1, -0.05) is 0 Å². The van der Waals surface area contributed by atoms with E-state index in [9.17, 15) is 8.42 Å². The number of aromatic nitrogens is 2. The molecule has 0 aromatic carbocycles. The van der Waals surface area contributed by atoms with Gasteiger partial charge < -0.3 is 0 Å². The van der Waals surface area contributed by atoms with Crippen LogP contribution in [0.5, 0.6) is 0 Å². The van der Waals surface area contributed by atoms with Crippen molar-refractivity contribution in [2.45, 2.75) is 25.8 Å². The van der Waals surface area contributed by atoms with Gasteiger partial charge in [0.05, 0.1) is 7.05 Å². The molecule has 1 fully saturated rings. The molecule has 0 spiro atoms. The first-order chi connectivity index (χ1) is 7.01. The van der Waals surface area contributed by atoms with Crippen LogP contribution in [-0.2, 0) is 17.3 Å². The fourth-order valence-electron chi connectivity index (χ4n) is 1.93. The van der Waals surface area contributed by atoms with Gasteiger partial charge in [-0.25, -0.2) is 4.57 Å². The fraction of sp³-hybridized carbons (Fsp3) is 0.667. The van der Waals surface area contributed by atoms with Crippen molar-refractivity contribution in [2.75, 3.05) is 6.54 Å². The van der Waals surface area contributed by atoms with Crippen molar-refractivity contribution in [3.05, 3.63) is 18.7 Å². The number of imidazole rings is 1. The Kier molecular flexibility index (Phi) is 2.56. The third-order valence-corrected chi connectivity index (χ3v) is 4.68. The highest BCUT2D eigenvalue weighted by Crippen LogP contribution is 2.21. The van der Waals surface area contributed by atoms with E-state index in [1.54, 1.807) is 34.6 Å². The van der Waals surface area contributed by atoms with Crippen LogP contribution in [0.3, 0.4) is 0 Å². The van der Waals surface area contributed by atoms with E-state index in [0.717, 1.165) is 12.8 Å². The number of hydrogen-bond acceptors (Lipinski definition) is 2. The van der Waals surface area contributed by atoms with E-state index in [1.165, 1.54) is 3.97 Å². The van der Waals surface area contributed by atoms with Crippen molar-refractivity contribution < 1.29 is 13.0 Å². The number of aryl methyl sites for hydroxylation is 1. The van der Waals surface area contributed by atoms with E-state index in [2.05, 4.69) is 0 Å². The molecule has 1 aliphatic rings. The summed E-state index contributed by atoms with van der Waals surface area (Å²) in [7, 11) is -1.53. The van der Waals surface area contributed by atoms with Gasteiger partial charge in [-0.3, -0.25) is 0 Å². The van der Waals surface area contributed by atoms with Crippen molar-refractivity contribution in [3.63, 3.8) is 0 Å². The van der Waals surface area contributed by atoms with E-state index in [1.807, 2.05) is 6.92 Å². The summed E-state index contributed by atoms with van der Waals surface area (Å²) in [5.74, 6) is 0. The maximum atomic E-state index is 12.1. The van der Waals surface area contributed by atoms with Crippen molar-refractivity contribution in [1.82, 2.24) is 8.28 Å². The van der Waals surface area contributed by atoms with E-state index < -0.39 is 10.2 Å². The van der Waals surface area contributed by atoms with E-state index in [4.69, 9.17) is 0 Å². The smallest absolute Gasteiger partial charge is 0.238 e. The molecule has 15 heavy (non-hydrogen) atoms. The van der Waals surface area contributed by atoms with Crippen molar-refractivity contribution in [1.29, 1.82) is 0 Å². The lowest BCUT2D eigenvalue weighted by Crippen LogP contribution is -2.38. The highest BCUT2D eigenvalue weighted by molar-refractivity contribution is 7.87. The summed E-state index contributed by atoms with van der Waals surface area (Å²) in [6.07, 6.45) is 6.76. The predicted octanol–water partition coefficient (Wildman–Crippen LogP) is -0.110. The minimum Gasteiger partial charge on any atom is -0.238 e. The zero-order chi connectivity index (χ0) is 11.1. The molecule has 1 aromatic rings. The lowest BCUT2D eigenvalue weighted by molar-refractivity contribution is -0.670. The molecule has 0 N–H and O–H groups in total. The first-order valence-electron chi connectivity index (χ1n) is 5.07.